The molecule has 1 aromatic rings. The largest absolute Gasteiger partial charge is 0.497 e. The minimum atomic E-state index is -0.395. The highest BCUT2D eigenvalue weighted by Gasteiger charge is 2.09. The van der Waals surface area contributed by atoms with Gasteiger partial charge < -0.3 is 9.47 Å². The number of esters is 1. The van der Waals surface area contributed by atoms with Gasteiger partial charge in [-0.15, -0.1) is 0 Å². The molecule has 0 heterocycles. The van der Waals surface area contributed by atoms with Crippen LogP contribution in [0.4, 0.5) is 0 Å². The summed E-state index contributed by atoms with van der Waals surface area (Å²) in [6.07, 6.45) is 1.19. The topological polar surface area (TPSA) is 35.5 Å². The van der Waals surface area contributed by atoms with Gasteiger partial charge in [-0.2, -0.15) is 0 Å². The molecule has 0 amide bonds. The second kappa shape index (κ2) is 5.20. The van der Waals surface area contributed by atoms with Crippen LogP contribution in [-0.2, 0) is 9.53 Å². The Morgan fingerprint density at radius 1 is 1.40 bits per heavy atom. The molecule has 0 saturated heterocycles. The van der Waals surface area contributed by atoms with E-state index in [2.05, 4.69) is 6.58 Å². The SMILES string of the molecule is C=C[C@H](OC(C)=O)c1ccc(OC)cc1. The van der Waals surface area contributed by atoms with Gasteiger partial charge in [0.05, 0.1) is 7.11 Å². The Balaban J connectivity index is 2.82. The lowest BCUT2D eigenvalue weighted by Gasteiger charge is -2.13. The zero-order valence-electron chi connectivity index (χ0n) is 8.90. The molecule has 3 heteroatoms. The molecule has 0 radical (unpaired) electrons. The van der Waals surface area contributed by atoms with Gasteiger partial charge in [-0.3, -0.25) is 4.79 Å². The zero-order valence-corrected chi connectivity index (χ0v) is 8.90. The fourth-order valence-corrected chi connectivity index (χ4v) is 1.22. The van der Waals surface area contributed by atoms with Gasteiger partial charge in [0.2, 0.25) is 0 Å². The molecule has 1 rings (SSSR count). The van der Waals surface area contributed by atoms with E-state index in [0.29, 0.717) is 0 Å². The first kappa shape index (κ1) is 11.3. The average molecular weight is 206 g/mol. The minimum Gasteiger partial charge on any atom is -0.497 e. The average Bonchev–Trinajstić information content (AvgIpc) is 2.26. The summed E-state index contributed by atoms with van der Waals surface area (Å²) >= 11 is 0. The third-order valence-electron chi connectivity index (χ3n) is 1.95. The number of carbonyl (C=O) groups excluding carboxylic acids is 1. The minimum absolute atomic E-state index is 0.323. The molecule has 1 atom stereocenters. The summed E-state index contributed by atoms with van der Waals surface area (Å²) in [6.45, 7) is 5.00. The van der Waals surface area contributed by atoms with Crippen LogP contribution in [-0.4, -0.2) is 13.1 Å². The first-order valence-electron chi connectivity index (χ1n) is 4.61. The molecule has 0 spiro atoms. The number of carbonyl (C=O) groups is 1. The van der Waals surface area contributed by atoms with Crippen molar-refractivity contribution in [2.24, 2.45) is 0 Å². The van der Waals surface area contributed by atoms with Crippen LogP contribution >= 0.6 is 0 Å². The van der Waals surface area contributed by atoms with Crippen molar-refractivity contribution >= 4 is 5.97 Å². The van der Waals surface area contributed by atoms with Crippen molar-refractivity contribution < 1.29 is 14.3 Å². The van der Waals surface area contributed by atoms with Crippen LogP contribution in [0.1, 0.15) is 18.6 Å². The molecule has 0 aromatic heterocycles. The van der Waals surface area contributed by atoms with Crippen LogP contribution in [0.5, 0.6) is 5.75 Å². The molecule has 80 valence electrons. The van der Waals surface area contributed by atoms with Crippen LogP contribution in [0, 0.1) is 0 Å². The Labute approximate surface area is 89.3 Å². The molecular formula is C12H14O3. The Hall–Kier alpha value is -1.77. The van der Waals surface area contributed by atoms with E-state index in [1.807, 2.05) is 24.3 Å². The van der Waals surface area contributed by atoms with Crippen LogP contribution < -0.4 is 4.74 Å². The van der Waals surface area contributed by atoms with Crippen LogP contribution in [0.2, 0.25) is 0 Å². The van der Waals surface area contributed by atoms with Crippen LogP contribution in [0.3, 0.4) is 0 Å². The maximum Gasteiger partial charge on any atom is 0.303 e. The van der Waals surface area contributed by atoms with E-state index >= 15 is 0 Å². The van der Waals surface area contributed by atoms with E-state index in [1.54, 1.807) is 13.2 Å². The lowest BCUT2D eigenvalue weighted by Crippen LogP contribution is -2.05. The summed E-state index contributed by atoms with van der Waals surface area (Å²) in [7, 11) is 1.60. The number of benzene rings is 1. The quantitative estimate of drug-likeness (QED) is 0.560. The Morgan fingerprint density at radius 3 is 2.40 bits per heavy atom. The number of ether oxygens (including phenoxy) is 2. The van der Waals surface area contributed by atoms with E-state index in [4.69, 9.17) is 9.47 Å². The smallest absolute Gasteiger partial charge is 0.303 e. The first-order valence-corrected chi connectivity index (χ1v) is 4.61. The lowest BCUT2D eigenvalue weighted by molar-refractivity contribution is -0.144. The fourth-order valence-electron chi connectivity index (χ4n) is 1.22. The highest BCUT2D eigenvalue weighted by atomic mass is 16.5. The third kappa shape index (κ3) is 3.13. The summed E-state index contributed by atoms with van der Waals surface area (Å²) < 4.78 is 10.1. The monoisotopic (exact) mass is 206 g/mol. The second-order valence-electron chi connectivity index (χ2n) is 3.04. The van der Waals surface area contributed by atoms with Crippen LogP contribution in [0.25, 0.3) is 0 Å². The van der Waals surface area contributed by atoms with Crippen molar-refractivity contribution in [3.05, 3.63) is 42.5 Å². The predicted octanol–water partition coefficient (Wildman–Crippen LogP) is 2.49. The van der Waals surface area contributed by atoms with Crippen molar-refractivity contribution in [1.29, 1.82) is 0 Å². The molecule has 0 bridgehead atoms. The lowest BCUT2D eigenvalue weighted by atomic mass is 10.1. The third-order valence-corrected chi connectivity index (χ3v) is 1.95. The van der Waals surface area contributed by atoms with E-state index in [-0.39, 0.29) is 5.97 Å². The second-order valence-corrected chi connectivity index (χ2v) is 3.04. The molecule has 0 aliphatic carbocycles. The molecular weight excluding hydrogens is 192 g/mol. The standard InChI is InChI=1S/C12H14O3/c1-4-12(15-9(2)13)10-5-7-11(14-3)8-6-10/h4-8,12H,1H2,2-3H3/t12-/m0/s1. The molecule has 0 aliphatic heterocycles. The Morgan fingerprint density at radius 2 is 2.00 bits per heavy atom. The molecule has 3 nitrogen and oxygen atoms in total. The van der Waals surface area contributed by atoms with E-state index < -0.39 is 6.10 Å². The summed E-state index contributed by atoms with van der Waals surface area (Å²) in [4.78, 5) is 10.8. The highest BCUT2D eigenvalue weighted by Crippen LogP contribution is 2.21. The van der Waals surface area contributed by atoms with Crippen molar-refractivity contribution in [2.75, 3.05) is 7.11 Å². The highest BCUT2D eigenvalue weighted by molar-refractivity contribution is 5.66. The van der Waals surface area contributed by atoms with Gasteiger partial charge in [-0.05, 0) is 23.8 Å². The van der Waals surface area contributed by atoms with Gasteiger partial charge in [0.25, 0.3) is 0 Å². The van der Waals surface area contributed by atoms with E-state index in [9.17, 15) is 4.79 Å². The summed E-state index contributed by atoms with van der Waals surface area (Å²) in [5.41, 5.74) is 0.876. The molecule has 0 aliphatic rings. The summed E-state index contributed by atoms with van der Waals surface area (Å²) in [6, 6.07) is 7.31. The van der Waals surface area contributed by atoms with E-state index in [1.165, 1.54) is 6.92 Å². The van der Waals surface area contributed by atoms with Crippen molar-refractivity contribution in [1.82, 2.24) is 0 Å². The number of rotatable bonds is 4. The molecule has 0 fully saturated rings. The molecule has 0 N–H and O–H groups in total. The van der Waals surface area contributed by atoms with Gasteiger partial charge in [0.1, 0.15) is 11.9 Å². The molecule has 0 unspecified atom stereocenters. The van der Waals surface area contributed by atoms with E-state index in [0.717, 1.165) is 11.3 Å². The normalized spacial score (nSPS) is 11.6. The summed E-state index contributed by atoms with van der Waals surface area (Å²) in [5, 5.41) is 0. The van der Waals surface area contributed by atoms with Crippen molar-refractivity contribution in [2.45, 2.75) is 13.0 Å². The van der Waals surface area contributed by atoms with Gasteiger partial charge in [-0.1, -0.05) is 18.7 Å². The zero-order chi connectivity index (χ0) is 11.3. The van der Waals surface area contributed by atoms with Crippen LogP contribution in [0.15, 0.2) is 36.9 Å². The maximum absolute atomic E-state index is 10.8. The number of methoxy groups -OCH3 is 1. The van der Waals surface area contributed by atoms with Crippen molar-refractivity contribution in [3.8, 4) is 5.75 Å². The Kier molecular flexibility index (Phi) is 3.92. The van der Waals surface area contributed by atoms with Gasteiger partial charge in [-0.25, -0.2) is 0 Å². The summed E-state index contributed by atoms with van der Waals surface area (Å²) in [5.74, 6) is 0.445. The van der Waals surface area contributed by atoms with Gasteiger partial charge in [0.15, 0.2) is 0 Å². The number of hydrogen-bond donors (Lipinski definition) is 0. The molecule has 0 saturated carbocycles. The predicted molar refractivity (Wildman–Crippen MR) is 57.7 cm³/mol. The molecule has 1 aromatic carbocycles. The first-order chi connectivity index (χ1) is 7.17. The molecule has 15 heavy (non-hydrogen) atoms. The van der Waals surface area contributed by atoms with Crippen molar-refractivity contribution in [3.63, 3.8) is 0 Å². The Bertz CT molecular complexity index is 340. The van der Waals surface area contributed by atoms with Gasteiger partial charge in [0, 0.05) is 6.92 Å². The number of hydrogen-bond acceptors (Lipinski definition) is 3. The fraction of sp³-hybridized carbons (Fsp3) is 0.250. The maximum atomic E-state index is 10.8. The van der Waals surface area contributed by atoms with Gasteiger partial charge >= 0.3 is 5.97 Å².